The Bertz CT molecular complexity index is 3770. The van der Waals surface area contributed by atoms with E-state index in [2.05, 4.69) is 209 Å². The van der Waals surface area contributed by atoms with Crippen molar-refractivity contribution in [1.82, 2.24) is 8.80 Å². The summed E-state index contributed by atoms with van der Waals surface area (Å²) in [6.45, 7) is 34.7. The van der Waals surface area contributed by atoms with E-state index in [0.717, 1.165) is 5.57 Å². The highest BCUT2D eigenvalue weighted by Crippen LogP contribution is 2.49. The zero-order valence-corrected chi connectivity index (χ0v) is 38.4. The number of benzene rings is 7. The molecule has 11 rings (SSSR count). The van der Waals surface area contributed by atoms with E-state index in [9.17, 15) is 0 Å². The maximum Gasteiger partial charge on any atom is 0.0620 e. The smallest absolute Gasteiger partial charge is 0.0620 e. The summed E-state index contributed by atoms with van der Waals surface area (Å²) in [7, 11) is 0. The Morgan fingerprint density at radius 3 is 1.43 bits per heavy atom. The first-order chi connectivity index (χ1) is 28.6. The van der Waals surface area contributed by atoms with E-state index in [1.807, 2.05) is 0 Å². The van der Waals surface area contributed by atoms with Crippen molar-refractivity contribution >= 4 is 104 Å². The van der Waals surface area contributed by atoms with E-state index in [0.29, 0.717) is 0 Å². The molecular formula is C59H58N2. The average Bonchev–Trinajstić information content (AvgIpc) is 3.90. The van der Waals surface area contributed by atoms with Crippen LogP contribution in [0, 0.1) is 12.3 Å². The molecule has 0 saturated carbocycles. The second-order valence-electron chi connectivity index (χ2n) is 22.4. The second kappa shape index (κ2) is 11.9. The van der Waals surface area contributed by atoms with E-state index in [-0.39, 0.29) is 21.7 Å². The van der Waals surface area contributed by atoms with Gasteiger partial charge in [-0.05, 0) is 138 Å². The molecule has 7 aromatic carbocycles. The van der Waals surface area contributed by atoms with Gasteiger partial charge in [0.25, 0.3) is 0 Å². The van der Waals surface area contributed by atoms with Gasteiger partial charge in [0.2, 0.25) is 0 Å². The number of hydrogen-bond acceptors (Lipinski definition) is 0. The summed E-state index contributed by atoms with van der Waals surface area (Å²) in [5, 5.41) is 17.2. The van der Waals surface area contributed by atoms with Gasteiger partial charge in [-0.3, -0.25) is 0 Å². The Morgan fingerprint density at radius 1 is 0.426 bits per heavy atom. The normalized spacial score (nSPS) is 14.1. The lowest BCUT2D eigenvalue weighted by Crippen LogP contribution is -2.12. The first kappa shape index (κ1) is 38.1. The lowest BCUT2D eigenvalue weighted by Gasteiger charge is -2.20. The van der Waals surface area contributed by atoms with Crippen molar-refractivity contribution in [2.45, 2.75) is 106 Å². The van der Waals surface area contributed by atoms with Gasteiger partial charge in [-0.2, -0.15) is 0 Å². The SMILES string of the molecule is C=C(/C=c1/c2cc(C(C)(C)C)ccc2n2c1c(C)c1c3c4ccccc4c4c(ccc5c4c4cc(C(C)(C)C)cc6c7cc(C(C)(C)C)ccc7n5c64)c3ccc12)C(C)(C)C. The van der Waals surface area contributed by atoms with E-state index < -0.39 is 0 Å². The fourth-order valence-corrected chi connectivity index (χ4v) is 10.7. The van der Waals surface area contributed by atoms with Gasteiger partial charge in [0.1, 0.15) is 0 Å². The van der Waals surface area contributed by atoms with Crippen molar-refractivity contribution in [1.29, 1.82) is 0 Å². The quantitative estimate of drug-likeness (QED) is 0.146. The molecule has 61 heavy (non-hydrogen) atoms. The molecule has 0 atom stereocenters. The van der Waals surface area contributed by atoms with Crippen LogP contribution in [0.3, 0.4) is 0 Å². The Labute approximate surface area is 359 Å². The molecule has 304 valence electrons. The minimum Gasteiger partial charge on any atom is -0.308 e. The average molecular weight is 795 g/mol. The molecule has 0 fully saturated rings. The van der Waals surface area contributed by atoms with Crippen molar-refractivity contribution in [2.24, 2.45) is 5.41 Å². The maximum absolute atomic E-state index is 4.63. The highest BCUT2D eigenvalue weighted by atomic mass is 14.9. The van der Waals surface area contributed by atoms with E-state index in [1.54, 1.807) is 0 Å². The van der Waals surface area contributed by atoms with E-state index >= 15 is 0 Å². The molecule has 0 aliphatic heterocycles. The molecule has 4 aromatic heterocycles. The van der Waals surface area contributed by atoms with Crippen LogP contribution in [0.1, 0.15) is 105 Å². The zero-order valence-electron chi connectivity index (χ0n) is 38.4. The topological polar surface area (TPSA) is 8.82 Å². The molecule has 4 heterocycles. The number of allylic oxidation sites excluding steroid dienone is 1. The first-order valence-electron chi connectivity index (χ1n) is 22.3. The summed E-state index contributed by atoms with van der Waals surface area (Å²) in [6, 6.07) is 38.2. The lowest BCUT2D eigenvalue weighted by molar-refractivity contribution is 0.525. The number of nitrogens with zero attached hydrogens (tertiary/aromatic N) is 2. The van der Waals surface area contributed by atoms with Crippen LogP contribution in [-0.2, 0) is 16.2 Å². The fraction of sp³-hybridized carbons (Fsp3) is 0.288. The van der Waals surface area contributed by atoms with Crippen LogP contribution in [0.2, 0.25) is 0 Å². The van der Waals surface area contributed by atoms with Gasteiger partial charge in [0.15, 0.2) is 0 Å². The molecule has 11 aromatic rings. The van der Waals surface area contributed by atoms with Gasteiger partial charge in [0.05, 0.1) is 33.1 Å². The molecule has 0 aliphatic carbocycles. The third-order valence-corrected chi connectivity index (χ3v) is 14.4. The van der Waals surface area contributed by atoms with Crippen LogP contribution in [0.25, 0.3) is 104 Å². The summed E-state index contributed by atoms with van der Waals surface area (Å²) in [5.74, 6) is 0. The summed E-state index contributed by atoms with van der Waals surface area (Å²) >= 11 is 0. The minimum absolute atomic E-state index is 0.0126. The number of fused-ring (bicyclic) bond motifs is 19. The van der Waals surface area contributed by atoms with Crippen LogP contribution in [0.4, 0.5) is 0 Å². The Kier molecular flexibility index (Phi) is 7.46. The van der Waals surface area contributed by atoms with E-state index in [1.165, 1.54) is 125 Å². The van der Waals surface area contributed by atoms with Crippen molar-refractivity contribution in [3.8, 4) is 0 Å². The van der Waals surface area contributed by atoms with Gasteiger partial charge in [-0.15, -0.1) is 0 Å². The largest absolute Gasteiger partial charge is 0.308 e. The third-order valence-electron chi connectivity index (χ3n) is 14.4. The summed E-state index contributed by atoms with van der Waals surface area (Å²) in [6.07, 6.45) is 2.38. The summed E-state index contributed by atoms with van der Waals surface area (Å²) in [5.41, 5.74) is 14.3. The van der Waals surface area contributed by atoms with Gasteiger partial charge in [-0.25, -0.2) is 0 Å². The van der Waals surface area contributed by atoms with Crippen LogP contribution >= 0.6 is 0 Å². The zero-order chi connectivity index (χ0) is 43.0. The molecule has 0 spiro atoms. The van der Waals surface area contributed by atoms with Crippen molar-refractivity contribution < 1.29 is 0 Å². The monoisotopic (exact) mass is 794 g/mol. The van der Waals surface area contributed by atoms with Gasteiger partial charge in [0, 0.05) is 42.9 Å². The molecule has 0 aliphatic rings. The Balaban J connectivity index is 1.32. The second-order valence-corrected chi connectivity index (χ2v) is 22.4. The number of rotatable bonds is 1. The van der Waals surface area contributed by atoms with Crippen LogP contribution < -0.4 is 5.22 Å². The molecule has 2 heteroatoms. The summed E-state index contributed by atoms with van der Waals surface area (Å²) in [4.78, 5) is 0. The highest BCUT2D eigenvalue weighted by molar-refractivity contribution is 6.40. The molecule has 0 amide bonds. The molecule has 0 N–H and O–H groups in total. The molecule has 0 unspecified atom stereocenters. The van der Waals surface area contributed by atoms with Gasteiger partial charge < -0.3 is 8.80 Å². The highest BCUT2D eigenvalue weighted by Gasteiger charge is 2.28. The standard InChI is InChI=1S/C59H58N2/c1-32(56(3,4)5)27-43-41-28-34(57(6,7)8)19-23-46(41)60-48-25-21-39-40-22-26-49-53(52(40)38-18-16-15-17-37(38)51(39)50(48)33(2)54(43)60)45-31-36(59(12,13)14)30-44-42-29-35(58(9,10)11)20-24-47(42)61(49)55(44)45/h15-31H,1H2,2-14H3/b43-27-. The maximum atomic E-state index is 4.63. The third kappa shape index (κ3) is 5.14. The molecule has 0 radical (unpaired) electrons. The van der Waals surface area contributed by atoms with E-state index in [4.69, 9.17) is 0 Å². The van der Waals surface area contributed by atoms with Crippen LogP contribution in [0.15, 0.2) is 109 Å². The number of aryl methyl sites for hydroxylation is 1. The molecule has 0 saturated heterocycles. The fourth-order valence-electron chi connectivity index (χ4n) is 10.7. The molecular weight excluding hydrogens is 737 g/mol. The Morgan fingerprint density at radius 2 is 0.869 bits per heavy atom. The van der Waals surface area contributed by atoms with Crippen LogP contribution in [0.5, 0.6) is 0 Å². The predicted molar refractivity (Wildman–Crippen MR) is 269 cm³/mol. The van der Waals surface area contributed by atoms with Crippen molar-refractivity contribution in [3.63, 3.8) is 0 Å². The molecule has 2 nitrogen and oxygen atoms in total. The Hall–Kier alpha value is -5.86. The number of hydrogen-bond donors (Lipinski definition) is 0. The first-order valence-corrected chi connectivity index (χ1v) is 22.3. The minimum atomic E-state index is -0.0509. The van der Waals surface area contributed by atoms with Gasteiger partial charge >= 0.3 is 0 Å². The lowest BCUT2D eigenvalue weighted by atomic mass is 9.83. The number of aromatic nitrogens is 2. The predicted octanol–water partition coefficient (Wildman–Crippen LogP) is 16.2. The summed E-state index contributed by atoms with van der Waals surface area (Å²) < 4.78 is 5.12. The van der Waals surface area contributed by atoms with Crippen molar-refractivity contribution in [2.75, 3.05) is 0 Å². The molecule has 0 bridgehead atoms. The van der Waals surface area contributed by atoms with Crippen LogP contribution in [-0.4, -0.2) is 8.80 Å². The van der Waals surface area contributed by atoms with Crippen molar-refractivity contribution in [3.05, 3.63) is 137 Å². The van der Waals surface area contributed by atoms with Gasteiger partial charge in [-0.1, -0.05) is 138 Å².